The van der Waals surface area contributed by atoms with E-state index in [1.165, 1.54) is 0 Å². The molecule has 18 heavy (non-hydrogen) atoms. The fourth-order valence-electron chi connectivity index (χ4n) is 1.62. The van der Waals surface area contributed by atoms with Gasteiger partial charge < -0.3 is 15.2 Å². The maximum atomic E-state index is 11.1. The van der Waals surface area contributed by atoms with Crippen LogP contribution in [0.2, 0.25) is 0 Å². The van der Waals surface area contributed by atoms with Gasteiger partial charge in [-0.05, 0) is 17.9 Å². The number of hydrogen-bond acceptors (Lipinski definition) is 4. The van der Waals surface area contributed by atoms with Gasteiger partial charge in [-0.3, -0.25) is 4.79 Å². The zero-order chi connectivity index (χ0) is 13.5. The van der Waals surface area contributed by atoms with Gasteiger partial charge in [0.2, 0.25) is 5.88 Å². The van der Waals surface area contributed by atoms with Crippen LogP contribution in [0.4, 0.5) is 0 Å². The van der Waals surface area contributed by atoms with E-state index in [1.807, 2.05) is 19.9 Å². The maximum Gasteiger partial charge on any atom is 0.320 e. The van der Waals surface area contributed by atoms with Crippen LogP contribution < -0.4 is 10.1 Å². The quantitative estimate of drug-likeness (QED) is 0.772. The van der Waals surface area contributed by atoms with Crippen LogP contribution in [0.25, 0.3) is 0 Å². The summed E-state index contributed by atoms with van der Waals surface area (Å²) >= 11 is 0. The Labute approximate surface area is 107 Å². The van der Waals surface area contributed by atoms with Crippen molar-refractivity contribution in [2.24, 2.45) is 5.92 Å². The minimum Gasteiger partial charge on any atom is -0.481 e. The molecule has 0 aliphatic carbocycles. The zero-order valence-electron chi connectivity index (χ0n) is 11.0. The number of nitrogens with zero attached hydrogens (tertiary/aromatic N) is 1. The molecule has 1 aromatic heterocycles. The Balaban J connectivity index is 2.52. The highest BCUT2D eigenvalue weighted by molar-refractivity contribution is 5.73. The van der Waals surface area contributed by atoms with Crippen LogP contribution in [0, 0.1) is 5.92 Å². The van der Waals surface area contributed by atoms with E-state index in [4.69, 9.17) is 9.84 Å². The van der Waals surface area contributed by atoms with E-state index in [1.54, 1.807) is 19.4 Å². The molecule has 5 heteroatoms. The van der Waals surface area contributed by atoms with Crippen molar-refractivity contribution in [3.8, 4) is 5.88 Å². The summed E-state index contributed by atoms with van der Waals surface area (Å²) in [5.74, 6) is 0.0773. The van der Waals surface area contributed by atoms with E-state index < -0.39 is 12.0 Å². The third kappa shape index (κ3) is 4.71. The van der Waals surface area contributed by atoms with E-state index in [2.05, 4.69) is 10.3 Å². The van der Waals surface area contributed by atoms with E-state index in [9.17, 15) is 4.79 Å². The molecular weight excluding hydrogens is 232 g/mol. The van der Waals surface area contributed by atoms with E-state index in [0.29, 0.717) is 24.8 Å². The molecule has 1 rings (SSSR count). The van der Waals surface area contributed by atoms with Crippen molar-refractivity contribution in [1.82, 2.24) is 10.3 Å². The third-order valence-electron chi connectivity index (χ3n) is 2.56. The second-order valence-electron chi connectivity index (χ2n) is 4.61. The van der Waals surface area contributed by atoms with Gasteiger partial charge in [0, 0.05) is 18.8 Å². The molecule has 0 spiro atoms. The summed E-state index contributed by atoms with van der Waals surface area (Å²) in [5.41, 5.74) is 0.936. The Morgan fingerprint density at radius 1 is 1.50 bits per heavy atom. The van der Waals surface area contributed by atoms with Crippen LogP contribution in [0.5, 0.6) is 5.88 Å². The predicted octanol–water partition coefficient (Wildman–Crippen LogP) is 1.68. The predicted molar refractivity (Wildman–Crippen MR) is 68.5 cm³/mol. The largest absolute Gasteiger partial charge is 0.481 e. The Morgan fingerprint density at radius 2 is 2.22 bits per heavy atom. The molecule has 1 aromatic rings. The molecule has 2 N–H and O–H groups in total. The van der Waals surface area contributed by atoms with Crippen molar-refractivity contribution in [2.45, 2.75) is 32.9 Å². The average Bonchev–Trinajstić information content (AvgIpc) is 2.34. The van der Waals surface area contributed by atoms with Crippen molar-refractivity contribution < 1.29 is 14.6 Å². The highest BCUT2D eigenvalue weighted by Gasteiger charge is 2.17. The van der Waals surface area contributed by atoms with Crippen molar-refractivity contribution in [3.63, 3.8) is 0 Å². The number of carbonyl (C=O) groups is 1. The maximum absolute atomic E-state index is 11.1. The molecule has 0 bridgehead atoms. The van der Waals surface area contributed by atoms with Gasteiger partial charge in [-0.2, -0.15) is 0 Å². The van der Waals surface area contributed by atoms with E-state index in [-0.39, 0.29) is 0 Å². The third-order valence-corrected chi connectivity index (χ3v) is 2.56. The molecule has 100 valence electrons. The molecule has 0 saturated heterocycles. The van der Waals surface area contributed by atoms with E-state index in [0.717, 1.165) is 5.56 Å². The number of methoxy groups -OCH3 is 1. The summed E-state index contributed by atoms with van der Waals surface area (Å²) in [6.45, 7) is 4.50. The fourth-order valence-corrected chi connectivity index (χ4v) is 1.62. The molecule has 0 saturated carbocycles. The van der Waals surface area contributed by atoms with Crippen molar-refractivity contribution in [2.75, 3.05) is 7.11 Å². The van der Waals surface area contributed by atoms with Gasteiger partial charge in [0.25, 0.3) is 0 Å². The Morgan fingerprint density at radius 3 is 2.67 bits per heavy atom. The van der Waals surface area contributed by atoms with Crippen LogP contribution in [0.3, 0.4) is 0 Å². The summed E-state index contributed by atoms with van der Waals surface area (Å²) in [6.07, 6.45) is 2.29. The number of hydrogen-bond donors (Lipinski definition) is 2. The number of aliphatic carboxylic acids is 1. The lowest BCUT2D eigenvalue weighted by Gasteiger charge is -2.16. The molecule has 0 unspecified atom stereocenters. The van der Waals surface area contributed by atoms with Gasteiger partial charge in [0.1, 0.15) is 6.04 Å². The Kier molecular flexibility index (Phi) is 5.58. The number of nitrogens with one attached hydrogen (secondary N) is 1. The number of carboxylic acids is 1. The monoisotopic (exact) mass is 252 g/mol. The van der Waals surface area contributed by atoms with Crippen LogP contribution in [0.15, 0.2) is 18.3 Å². The molecule has 0 aliphatic heterocycles. The lowest BCUT2D eigenvalue weighted by atomic mass is 10.0. The number of rotatable bonds is 7. The van der Waals surface area contributed by atoms with Crippen molar-refractivity contribution in [1.29, 1.82) is 0 Å². The zero-order valence-corrected chi connectivity index (χ0v) is 11.0. The highest BCUT2D eigenvalue weighted by atomic mass is 16.5. The topological polar surface area (TPSA) is 71.5 Å². The molecule has 1 atom stereocenters. The van der Waals surface area contributed by atoms with Gasteiger partial charge in [0.15, 0.2) is 0 Å². The van der Waals surface area contributed by atoms with Gasteiger partial charge in [0.05, 0.1) is 7.11 Å². The summed E-state index contributed by atoms with van der Waals surface area (Å²) in [4.78, 5) is 15.1. The van der Waals surface area contributed by atoms with Crippen LogP contribution >= 0.6 is 0 Å². The first-order chi connectivity index (χ1) is 8.52. The first kappa shape index (κ1) is 14.4. The SMILES string of the molecule is COc1ccc(CN[C@@H](CC(C)C)C(=O)O)cn1. The minimum absolute atomic E-state index is 0.340. The molecule has 5 nitrogen and oxygen atoms in total. The van der Waals surface area contributed by atoms with E-state index >= 15 is 0 Å². The lowest BCUT2D eigenvalue weighted by Crippen LogP contribution is -2.37. The summed E-state index contributed by atoms with van der Waals surface area (Å²) < 4.78 is 4.96. The number of ether oxygens (including phenoxy) is 1. The normalized spacial score (nSPS) is 12.4. The first-order valence-electron chi connectivity index (χ1n) is 5.98. The molecule has 0 aliphatic rings. The average molecular weight is 252 g/mol. The van der Waals surface area contributed by atoms with Crippen LogP contribution in [-0.4, -0.2) is 29.2 Å². The standard InChI is InChI=1S/C13H20N2O3/c1-9(2)6-11(13(16)17)14-7-10-4-5-12(18-3)15-8-10/h4-5,8-9,11,14H,6-7H2,1-3H3,(H,16,17)/t11-/m0/s1. The van der Waals surface area contributed by atoms with Crippen LogP contribution in [0.1, 0.15) is 25.8 Å². The lowest BCUT2D eigenvalue weighted by molar-refractivity contribution is -0.140. The summed E-state index contributed by atoms with van der Waals surface area (Å²) in [5, 5.41) is 12.1. The van der Waals surface area contributed by atoms with Gasteiger partial charge >= 0.3 is 5.97 Å². The molecule has 1 heterocycles. The summed E-state index contributed by atoms with van der Waals surface area (Å²) in [6, 6.07) is 3.11. The second-order valence-corrected chi connectivity index (χ2v) is 4.61. The molecule has 0 radical (unpaired) electrons. The Bertz CT molecular complexity index is 376. The molecule has 0 fully saturated rings. The van der Waals surface area contributed by atoms with Crippen molar-refractivity contribution in [3.05, 3.63) is 23.9 Å². The number of carboxylic acid groups (broad SMARTS) is 1. The molecule has 0 aromatic carbocycles. The Hall–Kier alpha value is -1.62. The molecular formula is C13H20N2O3. The minimum atomic E-state index is -0.815. The van der Waals surface area contributed by atoms with Crippen molar-refractivity contribution >= 4 is 5.97 Å². The van der Waals surface area contributed by atoms with Gasteiger partial charge in [-0.15, -0.1) is 0 Å². The first-order valence-corrected chi connectivity index (χ1v) is 5.98. The second kappa shape index (κ2) is 6.96. The fraction of sp³-hybridized carbons (Fsp3) is 0.538. The smallest absolute Gasteiger partial charge is 0.320 e. The number of aromatic nitrogens is 1. The molecule has 0 amide bonds. The van der Waals surface area contributed by atoms with Gasteiger partial charge in [-0.25, -0.2) is 4.98 Å². The van der Waals surface area contributed by atoms with Crippen LogP contribution in [-0.2, 0) is 11.3 Å². The highest BCUT2D eigenvalue weighted by Crippen LogP contribution is 2.09. The number of pyridine rings is 1. The summed E-state index contributed by atoms with van der Waals surface area (Å²) in [7, 11) is 1.56. The van der Waals surface area contributed by atoms with Gasteiger partial charge in [-0.1, -0.05) is 19.9 Å².